The second-order valence-corrected chi connectivity index (χ2v) is 5.60. The molecule has 0 heterocycles. The quantitative estimate of drug-likeness (QED) is 0.872. The minimum absolute atomic E-state index is 0.128. The first-order chi connectivity index (χ1) is 7.85. The van der Waals surface area contributed by atoms with E-state index in [1.165, 1.54) is 0 Å². The number of carboxylic acids is 1. The van der Waals surface area contributed by atoms with Crippen LogP contribution in [-0.4, -0.2) is 25.2 Å². The molecule has 1 saturated carbocycles. The second-order valence-electron chi connectivity index (χ2n) is 5.60. The van der Waals surface area contributed by atoms with Crippen molar-refractivity contribution in [1.82, 2.24) is 0 Å². The SMILES string of the molecule is CN(C)c1cccc(C2C(C(=O)O)C2(C)C)c1. The van der Waals surface area contributed by atoms with Crippen molar-refractivity contribution in [3.63, 3.8) is 0 Å². The third-order valence-electron chi connectivity index (χ3n) is 3.84. The van der Waals surface area contributed by atoms with Crippen molar-refractivity contribution in [2.24, 2.45) is 11.3 Å². The van der Waals surface area contributed by atoms with Crippen molar-refractivity contribution in [3.8, 4) is 0 Å². The Labute approximate surface area is 102 Å². The molecule has 3 nitrogen and oxygen atoms in total. The van der Waals surface area contributed by atoms with Gasteiger partial charge in [-0.1, -0.05) is 26.0 Å². The summed E-state index contributed by atoms with van der Waals surface area (Å²) in [5.41, 5.74) is 2.12. The van der Waals surface area contributed by atoms with E-state index in [2.05, 4.69) is 6.07 Å². The van der Waals surface area contributed by atoms with Crippen LogP contribution in [-0.2, 0) is 4.79 Å². The Morgan fingerprint density at radius 1 is 1.35 bits per heavy atom. The lowest BCUT2D eigenvalue weighted by Gasteiger charge is -2.14. The van der Waals surface area contributed by atoms with Crippen molar-refractivity contribution in [1.29, 1.82) is 0 Å². The van der Waals surface area contributed by atoms with Crippen LogP contribution in [0.4, 0.5) is 5.69 Å². The zero-order valence-electron chi connectivity index (χ0n) is 10.8. The summed E-state index contributed by atoms with van der Waals surface area (Å²) in [7, 11) is 3.98. The molecule has 17 heavy (non-hydrogen) atoms. The summed E-state index contributed by atoms with van der Waals surface area (Å²) in [6.07, 6.45) is 0. The highest BCUT2D eigenvalue weighted by atomic mass is 16.4. The third kappa shape index (κ3) is 1.90. The molecule has 0 spiro atoms. The van der Waals surface area contributed by atoms with Gasteiger partial charge in [-0.2, -0.15) is 0 Å². The Kier molecular flexibility index (Phi) is 2.64. The van der Waals surface area contributed by atoms with Gasteiger partial charge in [0, 0.05) is 25.7 Å². The Morgan fingerprint density at radius 2 is 2.00 bits per heavy atom. The van der Waals surface area contributed by atoms with E-state index >= 15 is 0 Å². The molecule has 1 aliphatic carbocycles. The molecule has 0 bridgehead atoms. The molecule has 1 aromatic carbocycles. The summed E-state index contributed by atoms with van der Waals surface area (Å²) in [6, 6.07) is 8.16. The van der Waals surface area contributed by atoms with Crippen molar-refractivity contribution < 1.29 is 9.90 Å². The van der Waals surface area contributed by atoms with E-state index in [0.29, 0.717) is 0 Å². The second kappa shape index (κ2) is 3.76. The molecule has 0 amide bonds. The summed E-state index contributed by atoms with van der Waals surface area (Å²) < 4.78 is 0. The van der Waals surface area contributed by atoms with Gasteiger partial charge in [-0.05, 0) is 23.1 Å². The van der Waals surface area contributed by atoms with E-state index in [1.54, 1.807) is 0 Å². The first kappa shape index (κ1) is 12.0. The molecule has 0 aromatic heterocycles. The Balaban J connectivity index is 2.31. The number of hydrogen-bond donors (Lipinski definition) is 1. The number of benzene rings is 1. The molecule has 1 aliphatic rings. The number of anilines is 1. The normalized spacial score (nSPS) is 25.4. The average Bonchev–Trinajstić information content (AvgIpc) is 2.82. The highest BCUT2D eigenvalue weighted by molar-refractivity contribution is 5.77. The van der Waals surface area contributed by atoms with Crippen LogP contribution in [0.5, 0.6) is 0 Å². The topological polar surface area (TPSA) is 40.5 Å². The predicted molar refractivity (Wildman–Crippen MR) is 68.4 cm³/mol. The fourth-order valence-electron chi connectivity index (χ4n) is 2.72. The molecule has 0 aliphatic heterocycles. The molecule has 0 radical (unpaired) electrons. The van der Waals surface area contributed by atoms with E-state index in [9.17, 15) is 9.90 Å². The van der Waals surface area contributed by atoms with Crippen LogP contribution in [0.3, 0.4) is 0 Å². The fraction of sp³-hybridized carbons (Fsp3) is 0.500. The molecular weight excluding hydrogens is 214 g/mol. The van der Waals surface area contributed by atoms with Gasteiger partial charge in [-0.3, -0.25) is 4.79 Å². The highest BCUT2D eigenvalue weighted by Crippen LogP contribution is 2.64. The van der Waals surface area contributed by atoms with Crippen LogP contribution in [0, 0.1) is 11.3 Å². The maximum atomic E-state index is 11.2. The van der Waals surface area contributed by atoms with E-state index in [4.69, 9.17) is 0 Å². The molecule has 1 N–H and O–H groups in total. The first-order valence-corrected chi connectivity index (χ1v) is 5.86. The number of aliphatic carboxylic acids is 1. The fourth-order valence-corrected chi connectivity index (χ4v) is 2.72. The molecule has 0 saturated heterocycles. The van der Waals surface area contributed by atoms with Gasteiger partial charge in [0.15, 0.2) is 0 Å². The molecular formula is C14H19NO2. The van der Waals surface area contributed by atoms with Crippen LogP contribution in [0.15, 0.2) is 24.3 Å². The van der Waals surface area contributed by atoms with Crippen molar-refractivity contribution in [3.05, 3.63) is 29.8 Å². The Hall–Kier alpha value is -1.51. The number of rotatable bonds is 3. The van der Waals surface area contributed by atoms with Gasteiger partial charge < -0.3 is 10.0 Å². The standard InChI is InChI=1S/C14H19NO2/c1-14(2)11(12(14)13(16)17)9-6-5-7-10(8-9)15(3)4/h5-8,11-12H,1-4H3,(H,16,17). The van der Waals surface area contributed by atoms with Crippen LogP contribution in [0.2, 0.25) is 0 Å². The van der Waals surface area contributed by atoms with Crippen LogP contribution in [0.1, 0.15) is 25.3 Å². The number of carbonyl (C=O) groups is 1. The summed E-state index contributed by atoms with van der Waals surface area (Å²) in [4.78, 5) is 13.2. The van der Waals surface area contributed by atoms with Crippen molar-refractivity contribution >= 4 is 11.7 Å². The zero-order valence-corrected chi connectivity index (χ0v) is 10.8. The monoisotopic (exact) mass is 233 g/mol. The molecule has 1 fully saturated rings. The molecule has 1 aromatic rings. The van der Waals surface area contributed by atoms with E-state index in [1.807, 2.05) is 51.0 Å². The van der Waals surface area contributed by atoms with E-state index < -0.39 is 5.97 Å². The van der Waals surface area contributed by atoms with Gasteiger partial charge in [0.2, 0.25) is 0 Å². The third-order valence-corrected chi connectivity index (χ3v) is 3.84. The zero-order chi connectivity index (χ0) is 12.8. The van der Waals surface area contributed by atoms with Gasteiger partial charge in [0.25, 0.3) is 0 Å². The molecule has 2 rings (SSSR count). The lowest BCUT2D eigenvalue weighted by atomic mass is 10.0. The predicted octanol–water partition coefficient (Wildman–Crippen LogP) is 2.58. The summed E-state index contributed by atoms with van der Waals surface area (Å²) in [5.74, 6) is -0.796. The Morgan fingerprint density at radius 3 is 2.47 bits per heavy atom. The van der Waals surface area contributed by atoms with Gasteiger partial charge >= 0.3 is 5.97 Å². The summed E-state index contributed by atoms with van der Waals surface area (Å²) in [6.45, 7) is 4.05. The van der Waals surface area contributed by atoms with Gasteiger partial charge in [0.05, 0.1) is 5.92 Å². The highest BCUT2D eigenvalue weighted by Gasteiger charge is 2.62. The lowest BCUT2D eigenvalue weighted by molar-refractivity contribution is -0.139. The van der Waals surface area contributed by atoms with Crippen molar-refractivity contribution in [2.45, 2.75) is 19.8 Å². The lowest BCUT2D eigenvalue weighted by Crippen LogP contribution is -2.08. The van der Waals surface area contributed by atoms with Gasteiger partial charge in [-0.15, -0.1) is 0 Å². The number of nitrogens with zero attached hydrogens (tertiary/aromatic N) is 1. The summed E-state index contributed by atoms with van der Waals surface area (Å²) in [5, 5.41) is 9.19. The molecule has 2 unspecified atom stereocenters. The van der Waals surface area contributed by atoms with E-state index in [-0.39, 0.29) is 17.3 Å². The Bertz CT molecular complexity index is 451. The van der Waals surface area contributed by atoms with Crippen LogP contribution in [0.25, 0.3) is 0 Å². The van der Waals surface area contributed by atoms with Crippen LogP contribution >= 0.6 is 0 Å². The smallest absolute Gasteiger partial charge is 0.307 e. The number of hydrogen-bond acceptors (Lipinski definition) is 2. The minimum atomic E-state index is -0.685. The first-order valence-electron chi connectivity index (χ1n) is 5.86. The minimum Gasteiger partial charge on any atom is -0.481 e. The maximum Gasteiger partial charge on any atom is 0.307 e. The number of carboxylic acid groups (broad SMARTS) is 1. The largest absolute Gasteiger partial charge is 0.481 e. The maximum absolute atomic E-state index is 11.2. The van der Waals surface area contributed by atoms with Gasteiger partial charge in [-0.25, -0.2) is 0 Å². The van der Waals surface area contributed by atoms with Crippen LogP contribution < -0.4 is 4.90 Å². The average molecular weight is 233 g/mol. The van der Waals surface area contributed by atoms with E-state index in [0.717, 1.165) is 11.3 Å². The molecule has 2 atom stereocenters. The molecule has 92 valence electrons. The molecule has 3 heteroatoms. The van der Waals surface area contributed by atoms with Gasteiger partial charge in [0.1, 0.15) is 0 Å². The summed E-state index contributed by atoms with van der Waals surface area (Å²) >= 11 is 0. The van der Waals surface area contributed by atoms with Crippen molar-refractivity contribution in [2.75, 3.05) is 19.0 Å².